The van der Waals surface area contributed by atoms with Crippen molar-refractivity contribution >= 4 is 11.6 Å². The molecular weight excluding hydrogens is 228 g/mol. The van der Waals surface area contributed by atoms with Gasteiger partial charge in [0.25, 0.3) is 5.91 Å². The highest BCUT2D eigenvalue weighted by atomic mass is 16.5. The molecule has 2 aliphatic rings. The van der Waals surface area contributed by atoms with Crippen LogP contribution in [0.4, 0.5) is 5.69 Å². The van der Waals surface area contributed by atoms with Crippen molar-refractivity contribution in [3.8, 4) is 5.75 Å². The Morgan fingerprint density at radius 3 is 3.17 bits per heavy atom. The van der Waals surface area contributed by atoms with Crippen LogP contribution < -0.4 is 15.4 Å². The van der Waals surface area contributed by atoms with Gasteiger partial charge in [-0.2, -0.15) is 0 Å². The zero-order chi connectivity index (χ0) is 12.4. The van der Waals surface area contributed by atoms with Gasteiger partial charge in [-0.3, -0.25) is 4.79 Å². The average molecular weight is 246 g/mol. The Morgan fingerprint density at radius 2 is 2.33 bits per heavy atom. The van der Waals surface area contributed by atoms with Crippen molar-refractivity contribution in [2.24, 2.45) is 5.92 Å². The second-order valence-electron chi connectivity index (χ2n) is 5.08. The summed E-state index contributed by atoms with van der Waals surface area (Å²) < 4.78 is 5.44. The maximum Gasteiger partial charge on any atom is 0.262 e. The van der Waals surface area contributed by atoms with Crippen LogP contribution in [0.2, 0.25) is 0 Å². The van der Waals surface area contributed by atoms with Gasteiger partial charge in [-0.05, 0) is 56.0 Å². The lowest BCUT2D eigenvalue weighted by Crippen LogP contribution is -2.31. The minimum Gasteiger partial charge on any atom is -0.482 e. The molecule has 4 nitrogen and oxygen atoms in total. The highest BCUT2D eigenvalue weighted by molar-refractivity contribution is 5.95. The normalized spacial score (nSPS) is 22.9. The van der Waals surface area contributed by atoms with Crippen LogP contribution in [0.3, 0.4) is 0 Å². The fourth-order valence-electron chi connectivity index (χ4n) is 2.68. The Balaban J connectivity index is 1.71. The summed E-state index contributed by atoms with van der Waals surface area (Å²) in [6.07, 6.45) is 3.64. The third kappa shape index (κ3) is 2.48. The van der Waals surface area contributed by atoms with Gasteiger partial charge < -0.3 is 15.4 Å². The number of hydrogen-bond donors (Lipinski definition) is 2. The molecule has 1 atom stereocenters. The minimum atomic E-state index is -0.0771. The van der Waals surface area contributed by atoms with Crippen molar-refractivity contribution in [1.82, 2.24) is 5.32 Å². The number of piperidine rings is 1. The summed E-state index contributed by atoms with van der Waals surface area (Å²) in [5.41, 5.74) is 2.08. The zero-order valence-corrected chi connectivity index (χ0v) is 10.4. The summed E-state index contributed by atoms with van der Waals surface area (Å²) in [4.78, 5) is 11.2. The van der Waals surface area contributed by atoms with E-state index in [2.05, 4.69) is 22.8 Å². The fraction of sp³-hybridized carbons (Fsp3) is 0.500. The standard InChI is InChI=1S/C14H18N2O2/c17-14-9-18-13-7-10(3-4-12(13)16-14)6-11-2-1-5-15-8-11/h3-4,7,11,15H,1-2,5-6,8-9H2,(H,16,17). The van der Waals surface area contributed by atoms with E-state index < -0.39 is 0 Å². The van der Waals surface area contributed by atoms with E-state index in [0.29, 0.717) is 0 Å². The SMILES string of the molecule is O=C1COc2cc(CC3CCCNC3)ccc2N1. The van der Waals surface area contributed by atoms with E-state index in [1.54, 1.807) is 0 Å². The summed E-state index contributed by atoms with van der Waals surface area (Å²) in [5.74, 6) is 1.44. The molecule has 1 aromatic rings. The highest BCUT2D eigenvalue weighted by Crippen LogP contribution is 2.29. The molecule has 0 bridgehead atoms. The van der Waals surface area contributed by atoms with Crippen molar-refractivity contribution in [2.45, 2.75) is 19.3 Å². The average Bonchev–Trinajstić information content (AvgIpc) is 2.40. The summed E-state index contributed by atoms with van der Waals surface area (Å²) in [6.45, 7) is 2.38. The van der Waals surface area contributed by atoms with Gasteiger partial charge in [-0.15, -0.1) is 0 Å². The number of fused-ring (bicyclic) bond motifs is 1. The molecule has 1 fully saturated rings. The minimum absolute atomic E-state index is 0.0771. The zero-order valence-electron chi connectivity index (χ0n) is 10.4. The first-order valence-corrected chi connectivity index (χ1v) is 6.57. The molecule has 1 amide bonds. The molecule has 2 heterocycles. The number of amides is 1. The number of carbonyl (C=O) groups is 1. The summed E-state index contributed by atoms with van der Waals surface area (Å²) in [7, 11) is 0. The van der Waals surface area contributed by atoms with Crippen LogP contribution in [0.1, 0.15) is 18.4 Å². The molecule has 18 heavy (non-hydrogen) atoms. The van der Waals surface area contributed by atoms with Crippen molar-refractivity contribution in [2.75, 3.05) is 25.0 Å². The van der Waals surface area contributed by atoms with Crippen LogP contribution in [0.15, 0.2) is 18.2 Å². The van der Waals surface area contributed by atoms with E-state index in [1.165, 1.54) is 18.4 Å². The van der Waals surface area contributed by atoms with Crippen LogP contribution in [-0.4, -0.2) is 25.6 Å². The number of carbonyl (C=O) groups excluding carboxylic acids is 1. The van der Waals surface area contributed by atoms with Gasteiger partial charge in [0.15, 0.2) is 6.61 Å². The molecule has 0 spiro atoms. The van der Waals surface area contributed by atoms with Crippen LogP contribution in [0, 0.1) is 5.92 Å². The Kier molecular flexibility index (Phi) is 3.19. The van der Waals surface area contributed by atoms with Crippen molar-refractivity contribution < 1.29 is 9.53 Å². The van der Waals surface area contributed by atoms with E-state index in [0.717, 1.165) is 36.9 Å². The van der Waals surface area contributed by atoms with E-state index in [-0.39, 0.29) is 12.5 Å². The number of rotatable bonds is 2. The van der Waals surface area contributed by atoms with E-state index in [1.807, 2.05) is 6.07 Å². The second-order valence-corrected chi connectivity index (χ2v) is 5.08. The maximum atomic E-state index is 11.2. The quantitative estimate of drug-likeness (QED) is 0.832. The van der Waals surface area contributed by atoms with Gasteiger partial charge in [0.1, 0.15) is 5.75 Å². The Morgan fingerprint density at radius 1 is 1.39 bits per heavy atom. The van der Waals surface area contributed by atoms with Crippen molar-refractivity contribution in [1.29, 1.82) is 0 Å². The molecule has 1 unspecified atom stereocenters. The van der Waals surface area contributed by atoms with Crippen molar-refractivity contribution in [3.05, 3.63) is 23.8 Å². The van der Waals surface area contributed by atoms with Gasteiger partial charge in [0.2, 0.25) is 0 Å². The first kappa shape index (κ1) is 11.5. The Bertz CT molecular complexity index is 453. The lowest BCUT2D eigenvalue weighted by molar-refractivity contribution is -0.118. The molecular formula is C14H18N2O2. The van der Waals surface area contributed by atoms with E-state index in [4.69, 9.17) is 4.74 Å². The Labute approximate surface area is 107 Å². The molecule has 1 aromatic carbocycles. The van der Waals surface area contributed by atoms with Crippen LogP contribution in [0.25, 0.3) is 0 Å². The predicted molar refractivity (Wildman–Crippen MR) is 69.9 cm³/mol. The van der Waals surface area contributed by atoms with Gasteiger partial charge in [-0.25, -0.2) is 0 Å². The molecule has 2 aliphatic heterocycles. The molecule has 2 N–H and O–H groups in total. The molecule has 0 saturated carbocycles. The highest BCUT2D eigenvalue weighted by Gasteiger charge is 2.18. The number of nitrogens with one attached hydrogen (secondary N) is 2. The molecule has 1 saturated heterocycles. The first-order chi connectivity index (χ1) is 8.81. The van der Waals surface area contributed by atoms with Crippen LogP contribution in [0.5, 0.6) is 5.75 Å². The molecule has 0 aliphatic carbocycles. The molecule has 0 aromatic heterocycles. The second kappa shape index (κ2) is 4.98. The largest absolute Gasteiger partial charge is 0.482 e. The molecule has 0 radical (unpaired) electrons. The monoisotopic (exact) mass is 246 g/mol. The lowest BCUT2D eigenvalue weighted by atomic mass is 9.92. The van der Waals surface area contributed by atoms with Crippen LogP contribution >= 0.6 is 0 Å². The number of benzene rings is 1. The van der Waals surface area contributed by atoms with Crippen molar-refractivity contribution in [3.63, 3.8) is 0 Å². The first-order valence-electron chi connectivity index (χ1n) is 6.57. The van der Waals surface area contributed by atoms with Crippen LogP contribution in [-0.2, 0) is 11.2 Å². The molecule has 4 heteroatoms. The predicted octanol–water partition coefficient (Wildman–Crippen LogP) is 1.56. The van der Waals surface area contributed by atoms with Gasteiger partial charge in [-0.1, -0.05) is 6.07 Å². The Hall–Kier alpha value is -1.55. The van der Waals surface area contributed by atoms with E-state index in [9.17, 15) is 4.79 Å². The summed E-state index contributed by atoms with van der Waals surface area (Å²) >= 11 is 0. The molecule has 3 rings (SSSR count). The smallest absolute Gasteiger partial charge is 0.262 e. The number of ether oxygens (including phenoxy) is 1. The number of hydrogen-bond acceptors (Lipinski definition) is 3. The molecule has 96 valence electrons. The lowest BCUT2D eigenvalue weighted by Gasteiger charge is -2.24. The topological polar surface area (TPSA) is 50.4 Å². The maximum absolute atomic E-state index is 11.2. The van der Waals surface area contributed by atoms with E-state index >= 15 is 0 Å². The van der Waals surface area contributed by atoms with Gasteiger partial charge in [0, 0.05) is 0 Å². The van der Waals surface area contributed by atoms with Gasteiger partial charge in [0.05, 0.1) is 5.69 Å². The summed E-state index contributed by atoms with van der Waals surface area (Å²) in [6, 6.07) is 6.09. The number of anilines is 1. The van der Waals surface area contributed by atoms with Gasteiger partial charge >= 0.3 is 0 Å². The third-order valence-electron chi connectivity index (χ3n) is 3.60. The summed E-state index contributed by atoms with van der Waals surface area (Å²) in [5, 5.41) is 6.25. The third-order valence-corrected chi connectivity index (χ3v) is 3.60. The fourth-order valence-corrected chi connectivity index (χ4v) is 2.68.